The van der Waals surface area contributed by atoms with Gasteiger partial charge < -0.3 is 15.5 Å². The number of carbonyl (C=O) groups is 1. The van der Waals surface area contributed by atoms with E-state index in [0.717, 1.165) is 38.5 Å². The molecule has 0 aromatic heterocycles. The van der Waals surface area contributed by atoms with Crippen molar-refractivity contribution in [2.75, 3.05) is 5.75 Å². The number of hydrogen-bond donors (Lipinski definition) is 4. The number of amides is 1. The summed E-state index contributed by atoms with van der Waals surface area (Å²) in [6.07, 6.45) is 34.2. The Morgan fingerprint density at radius 3 is 1.33 bits per heavy atom. The number of unbranched alkanes of at least 4 members (excludes halogenated alkanes) is 25. The Morgan fingerprint density at radius 2 is 0.956 bits per heavy atom. The molecule has 4 N–H and O–H groups in total. The lowest BCUT2D eigenvalue weighted by Gasteiger charge is -2.22. The standard InChI is InChI=1S/C37H73NO6S/c1-3-5-7-9-11-13-14-15-16-17-18-19-20-21-22-24-25-27-29-31-35(39)34(33-45(42,43)44)38-37(41)36(40)32-30-28-26-23-12-10-8-6-4-2/h29,31,34-36,39-40H,3-28,30,32-33H2,1-2H3,(H,38,41)(H,42,43,44)/b31-29+. The number of aliphatic hydroxyl groups is 2. The normalized spacial score (nSPS) is 14.2. The topological polar surface area (TPSA) is 124 Å². The van der Waals surface area contributed by atoms with Gasteiger partial charge in [0.25, 0.3) is 10.1 Å². The molecular formula is C37H73NO6S. The molecule has 3 unspecified atom stereocenters. The van der Waals surface area contributed by atoms with Crippen LogP contribution < -0.4 is 5.32 Å². The van der Waals surface area contributed by atoms with Crippen molar-refractivity contribution in [3.05, 3.63) is 12.2 Å². The van der Waals surface area contributed by atoms with Crippen molar-refractivity contribution >= 4 is 16.0 Å². The molecule has 0 aromatic carbocycles. The highest BCUT2D eigenvalue weighted by molar-refractivity contribution is 7.85. The summed E-state index contributed by atoms with van der Waals surface area (Å²) >= 11 is 0. The molecule has 3 atom stereocenters. The fourth-order valence-corrected chi connectivity index (χ4v) is 6.60. The van der Waals surface area contributed by atoms with Gasteiger partial charge in [-0.1, -0.05) is 187 Å². The van der Waals surface area contributed by atoms with Crippen LogP contribution in [0.15, 0.2) is 12.2 Å². The zero-order valence-corrected chi connectivity index (χ0v) is 30.2. The number of allylic oxidation sites excluding steroid dienone is 1. The molecule has 0 aliphatic rings. The Kier molecular flexibility index (Phi) is 31.0. The van der Waals surface area contributed by atoms with Crippen molar-refractivity contribution in [2.24, 2.45) is 0 Å². The predicted octanol–water partition coefficient (Wildman–Crippen LogP) is 9.60. The molecule has 45 heavy (non-hydrogen) atoms. The van der Waals surface area contributed by atoms with Gasteiger partial charge in [-0.05, 0) is 19.3 Å². The van der Waals surface area contributed by atoms with Crippen molar-refractivity contribution in [1.29, 1.82) is 0 Å². The summed E-state index contributed by atoms with van der Waals surface area (Å²) in [5, 5.41) is 23.2. The van der Waals surface area contributed by atoms with Gasteiger partial charge in [-0.25, -0.2) is 0 Å². The third kappa shape index (κ3) is 31.4. The minimum atomic E-state index is -4.43. The number of hydrogen-bond acceptors (Lipinski definition) is 5. The second-order valence-corrected chi connectivity index (χ2v) is 14.9. The quantitative estimate of drug-likeness (QED) is 0.0310. The molecule has 0 aromatic rings. The second-order valence-electron chi connectivity index (χ2n) is 13.4. The van der Waals surface area contributed by atoms with E-state index in [1.54, 1.807) is 6.08 Å². The van der Waals surface area contributed by atoms with Crippen LogP contribution in [0.5, 0.6) is 0 Å². The van der Waals surface area contributed by atoms with Crippen LogP contribution in [0.3, 0.4) is 0 Å². The maximum Gasteiger partial charge on any atom is 0.267 e. The number of aliphatic hydroxyl groups excluding tert-OH is 2. The van der Waals surface area contributed by atoms with Gasteiger partial charge in [-0.3, -0.25) is 9.35 Å². The van der Waals surface area contributed by atoms with Crippen molar-refractivity contribution in [3.63, 3.8) is 0 Å². The molecule has 0 radical (unpaired) electrons. The number of nitrogens with one attached hydrogen (secondary N) is 1. The Balaban J connectivity index is 4.02. The molecule has 0 rings (SSSR count). The predicted molar refractivity (Wildman–Crippen MR) is 190 cm³/mol. The molecule has 0 spiro atoms. The summed E-state index contributed by atoms with van der Waals surface area (Å²) in [7, 11) is -4.43. The van der Waals surface area contributed by atoms with Crippen LogP contribution in [0.25, 0.3) is 0 Å². The second kappa shape index (κ2) is 31.6. The minimum Gasteiger partial charge on any atom is -0.387 e. The summed E-state index contributed by atoms with van der Waals surface area (Å²) in [6.45, 7) is 4.47. The first-order valence-electron chi connectivity index (χ1n) is 19.0. The Labute approximate surface area is 278 Å². The molecule has 0 fully saturated rings. The summed E-state index contributed by atoms with van der Waals surface area (Å²) in [5.74, 6) is -1.53. The van der Waals surface area contributed by atoms with E-state index in [2.05, 4.69) is 19.2 Å². The van der Waals surface area contributed by atoms with Gasteiger partial charge in [-0.2, -0.15) is 8.42 Å². The summed E-state index contributed by atoms with van der Waals surface area (Å²) in [5.41, 5.74) is 0. The molecule has 0 saturated heterocycles. The van der Waals surface area contributed by atoms with Crippen molar-refractivity contribution in [3.8, 4) is 0 Å². The molecule has 1 amide bonds. The number of rotatable bonds is 34. The van der Waals surface area contributed by atoms with Gasteiger partial charge in [0, 0.05) is 0 Å². The minimum absolute atomic E-state index is 0.283. The smallest absolute Gasteiger partial charge is 0.267 e. The van der Waals surface area contributed by atoms with Crippen molar-refractivity contribution < 1.29 is 28.0 Å². The monoisotopic (exact) mass is 660 g/mol. The molecule has 8 heteroatoms. The highest BCUT2D eigenvalue weighted by Gasteiger charge is 2.27. The zero-order chi connectivity index (χ0) is 33.4. The lowest BCUT2D eigenvalue weighted by atomic mass is 10.0. The van der Waals surface area contributed by atoms with Gasteiger partial charge in [0.1, 0.15) is 6.10 Å². The molecule has 0 bridgehead atoms. The van der Waals surface area contributed by atoms with E-state index in [1.165, 1.54) is 134 Å². The zero-order valence-electron chi connectivity index (χ0n) is 29.4. The van der Waals surface area contributed by atoms with E-state index in [4.69, 9.17) is 0 Å². The SMILES string of the molecule is CCCCCCCCCCCCCCCCCCC/C=C/C(O)C(CS(=O)(=O)O)NC(=O)C(O)CCCCCCCCCCC. The molecule has 0 aliphatic heterocycles. The van der Waals surface area contributed by atoms with Crippen LogP contribution in [-0.4, -0.2) is 53.1 Å². The average molecular weight is 660 g/mol. The first-order valence-corrected chi connectivity index (χ1v) is 20.6. The van der Waals surface area contributed by atoms with Gasteiger partial charge in [0.05, 0.1) is 17.9 Å². The third-order valence-corrected chi connectivity index (χ3v) is 9.60. The van der Waals surface area contributed by atoms with Gasteiger partial charge in [0.15, 0.2) is 0 Å². The maximum absolute atomic E-state index is 12.5. The van der Waals surface area contributed by atoms with E-state index in [0.29, 0.717) is 6.42 Å². The lowest BCUT2D eigenvalue weighted by Crippen LogP contribution is -2.50. The Bertz CT molecular complexity index is 788. The largest absolute Gasteiger partial charge is 0.387 e. The number of carbonyl (C=O) groups excluding carboxylic acids is 1. The maximum atomic E-state index is 12.5. The Morgan fingerprint density at radius 1 is 0.600 bits per heavy atom. The molecule has 268 valence electrons. The molecule has 0 saturated carbocycles. The molecule has 0 heterocycles. The Hall–Kier alpha value is -0.960. The van der Waals surface area contributed by atoms with Gasteiger partial charge >= 0.3 is 0 Å². The highest BCUT2D eigenvalue weighted by Crippen LogP contribution is 2.15. The summed E-state index contributed by atoms with van der Waals surface area (Å²) in [4.78, 5) is 12.5. The first-order chi connectivity index (χ1) is 21.7. The fraction of sp³-hybridized carbons (Fsp3) is 0.919. The van der Waals surface area contributed by atoms with Crippen molar-refractivity contribution in [2.45, 2.75) is 212 Å². The fourth-order valence-electron chi connectivity index (χ4n) is 5.87. The molecule has 0 aliphatic carbocycles. The third-order valence-electron chi connectivity index (χ3n) is 8.82. The van der Waals surface area contributed by atoms with Crippen LogP contribution in [-0.2, 0) is 14.9 Å². The van der Waals surface area contributed by atoms with E-state index in [9.17, 15) is 28.0 Å². The molecule has 7 nitrogen and oxygen atoms in total. The summed E-state index contributed by atoms with van der Waals surface area (Å²) in [6, 6.07) is -1.22. The first kappa shape index (κ1) is 44.0. The van der Waals surface area contributed by atoms with Crippen molar-refractivity contribution in [1.82, 2.24) is 5.32 Å². The van der Waals surface area contributed by atoms with E-state index >= 15 is 0 Å². The van der Waals surface area contributed by atoms with Gasteiger partial charge in [0.2, 0.25) is 5.91 Å². The van der Waals surface area contributed by atoms with Crippen LogP contribution in [0.4, 0.5) is 0 Å². The molecular weight excluding hydrogens is 586 g/mol. The van der Waals surface area contributed by atoms with Crippen LogP contribution in [0, 0.1) is 0 Å². The lowest BCUT2D eigenvalue weighted by molar-refractivity contribution is -0.130. The van der Waals surface area contributed by atoms with Crippen LogP contribution in [0.2, 0.25) is 0 Å². The van der Waals surface area contributed by atoms with E-state index < -0.39 is 40.0 Å². The summed E-state index contributed by atoms with van der Waals surface area (Å²) < 4.78 is 32.4. The average Bonchev–Trinajstić information content (AvgIpc) is 3.00. The highest BCUT2D eigenvalue weighted by atomic mass is 32.2. The van der Waals surface area contributed by atoms with Crippen LogP contribution in [0.1, 0.15) is 194 Å². The van der Waals surface area contributed by atoms with Crippen LogP contribution >= 0.6 is 0 Å². The van der Waals surface area contributed by atoms with Gasteiger partial charge in [-0.15, -0.1) is 0 Å². The van der Waals surface area contributed by atoms with E-state index in [-0.39, 0.29) is 6.42 Å². The van der Waals surface area contributed by atoms with E-state index in [1.807, 2.05) is 0 Å².